The summed E-state index contributed by atoms with van der Waals surface area (Å²) in [6, 6.07) is 9.37. The number of hydrogen-bond donors (Lipinski definition) is 2. The zero-order chi connectivity index (χ0) is 16.7. The Bertz CT molecular complexity index is 604. The molecule has 128 valence electrons. The van der Waals surface area contributed by atoms with Gasteiger partial charge in [-0.3, -0.25) is 0 Å². The van der Waals surface area contributed by atoms with Crippen molar-refractivity contribution < 1.29 is 17.9 Å². The van der Waals surface area contributed by atoms with E-state index in [0.717, 1.165) is 5.56 Å². The SMILES string of the molecule is C[C@@H](OCCCNC(=O)N[C@@H]1CCS(=O)(=O)C1)c1ccccc1. The molecule has 6 nitrogen and oxygen atoms in total. The Morgan fingerprint density at radius 2 is 2.09 bits per heavy atom. The van der Waals surface area contributed by atoms with Crippen LogP contribution < -0.4 is 10.6 Å². The summed E-state index contributed by atoms with van der Waals surface area (Å²) in [5, 5.41) is 5.42. The van der Waals surface area contributed by atoms with Crippen LogP contribution >= 0.6 is 0 Å². The summed E-state index contributed by atoms with van der Waals surface area (Å²) in [5.41, 5.74) is 1.13. The Hall–Kier alpha value is -1.60. The van der Waals surface area contributed by atoms with Gasteiger partial charge in [0.1, 0.15) is 0 Å². The average Bonchev–Trinajstić information content (AvgIpc) is 2.86. The first kappa shape index (κ1) is 17.7. The van der Waals surface area contributed by atoms with E-state index in [4.69, 9.17) is 4.74 Å². The van der Waals surface area contributed by atoms with Crippen molar-refractivity contribution in [1.29, 1.82) is 0 Å². The number of carbonyl (C=O) groups is 1. The van der Waals surface area contributed by atoms with Crippen LogP contribution in [0.2, 0.25) is 0 Å². The van der Waals surface area contributed by atoms with Crippen LogP contribution in [-0.2, 0) is 14.6 Å². The minimum Gasteiger partial charge on any atom is -0.374 e. The number of amides is 2. The van der Waals surface area contributed by atoms with Gasteiger partial charge in [-0.15, -0.1) is 0 Å². The quantitative estimate of drug-likeness (QED) is 0.739. The second kappa shape index (κ2) is 8.31. The first-order valence-electron chi connectivity index (χ1n) is 7.87. The number of hydrogen-bond acceptors (Lipinski definition) is 4. The van der Waals surface area contributed by atoms with Gasteiger partial charge in [0.15, 0.2) is 9.84 Å². The molecule has 0 unspecified atom stereocenters. The van der Waals surface area contributed by atoms with E-state index in [2.05, 4.69) is 10.6 Å². The van der Waals surface area contributed by atoms with Crippen molar-refractivity contribution >= 4 is 15.9 Å². The highest BCUT2D eigenvalue weighted by Gasteiger charge is 2.28. The first-order chi connectivity index (χ1) is 11.0. The normalized spacial score (nSPS) is 20.8. The molecule has 2 amide bonds. The van der Waals surface area contributed by atoms with Gasteiger partial charge in [0.2, 0.25) is 0 Å². The molecule has 0 spiro atoms. The molecule has 1 aliphatic heterocycles. The fraction of sp³-hybridized carbons (Fsp3) is 0.562. The number of benzene rings is 1. The van der Waals surface area contributed by atoms with E-state index < -0.39 is 9.84 Å². The fourth-order valence-electron chi connectivity index (χ4n) is 2.50. The van der Waals surface area contributed by atoms with Gasteiger partial charge in [0.05, 0.1) is 17.6 Å². The maximum Gasteiger partial charge on any atom is 0.315 e. The van der Waals surface area contributed by atoms with Gasteiger partial charge in [-0.1, -0.05) is 30.3 Å². The smallest absolute Gasteiger partial charge is 0.315 e. The Morgan fingerprint density at radius 3 is 2.74 bits per heavy atom. The van der Waals surface area contributed by atoms with Gasteiger partial charge < -0.3 is 15.4 Å². The molecule has 2 N–H and O–H groups in total. The van der Waals surface area contributed by atoms with Crippen LogP contribution in [-0.4, -0.2) is 45.1 Å². The topological polar surface area (TPSA) is 84.5 Å². The maximum absolute atomic E-state index is 11.7. The molecule has 0 bridgehead atoms. The summed E-state index contributed by atoms with van der Waals surface area (Å²) in [6.07, 6.45) is 1.22. The number of carbonyl (C=O) groups excluding carboxylic acids is 1. The predicted octanol–water partition coefficient (Wildman–Crippen LogP) is 1.64. The molecule has 23 heavy (non-hydrogen) atoms. The lowest BCUT2D eigenvalue weighted by molar-refractivity contribution is 0.0644. The summed E-state index contributed by atoms with van der Waals surface area (Å²) < 4.78 is 28.3. The molecule has 2 atom stereocenters. The molecule has 7 heteroatoms. The zero-order valence-corrected chi connectivity index (χ0v) is 14.1. The number of urea groups is 1. The molecule has 1 saturated heterocycles. The van der Waals surface area contributed by atoms with Gasteiger partial charge in [-0.25, -0.2) is 13.2 Å². The van der Waals surface area contributed by atoms with Crippen LogP contribution in [0.5, 0.6) is 0 Å². The Kier molecular flexibility index (Phi) is 6.41. The largest absolute Gasteiger partial charge is 0.374 e. The van der Waals surface area contributed by atoms with Gasteiger partial charge in [-0.05, 0) is 25.3 Å². The zero-order valence-electron chi connectivity index (χ0n) is 13.3. The summed E-state index contributed by atoms with van der Waals surface area (Å²) in [4.78, 5) is 11.7. The molecule has 1 fully saturated rings. The van der Waals surface area contributed by atoms with Crippen molar-refractivity contribution in [2.45, 2.75) is 31.9 Å². The first-order valence-corrected chi connectivity index (χ1v) is 9.70. The Morgan fingerprint density at radius 1 is 1.35 bits per heavy atom. The van der Waals surface area contributed by atoms with Gasteiger partial charge in [-0.2, -0.15) is 0 Å². The van der Waals surface area contributed by atoms with Crippen LogP contribution in [0.25, 0.3) is 0 Å². The minimum absolute atomic E-state index is 0.0220. The predicted molar refractivity (Wildman–Crippen MR) is 89.0 cm³/mol. The van der Waals surface area contributed by atoms with Crippen LogP contribution in [0.4, 0.5) is 4.79 Å². The number of nitrogens with one attached hydrogen (secondary N) is 2. The Labute approximate surface area is 137 Å². The lowest BCUT2D eigenvalue weighted by Crippen LogP contribution is -2.43. The summed E-state index contributed by atoms with van der Waals surface area (Å²) in [6.45, 7) is 3.04. The summed E-state index contributed by atoms with van der Waals surface area (Å²) in [5.74, 6) is 0.196. The molecule has 1 aromatic rings. The van der Waals surface area contributed by atoms with E-state index >= 15 is 0 Å². The molecule has 0 saturated carbocycles. The maximum atomic E-state index is 11.7. The van der Waals surface area contributed by atoms with Crippen molar-refractivity contribution in [2.24, 2.45) is 0 Å². The molecule has 1 aliphatic rings. The van der Waals surface area contributed by atoms with Gasteiger partial charge in [0.25, 0.3) is 0 Å². The van der Waals surface area contributed by atoms with Crippen molar-refractivity contribution in [3.63, 3.8) is 0 Å². The van der Waals surface area contributed by atoms with Crippen molar-refractivity contribution in [2.75, 3.05) is 24.7 Å². The Balaban J connectivity index is 1.56. The fourth-order valence-corrected chi connectivity index (χ4v) is 4.17. The molecule has 1 heterocycles. The van der Waals surface area contributed by atoms with E-state index in [1.807, 2.05) is 37.3 Å². The second-order valence-electron chi connectivity index (χ2n) is 5.78. The number of sulfone groups is 1. The number of ether oxygens (including phenoxy) is 1. The van der Waals surface area contributed by atoms with Gasteiger partial charge >= 0.3 is 6.03 Å². The van der Waals surface area contributed by atoms with E-state index in [9.17, 15) is 13.2 Å². The third-order valence-corrected chi connectivity index (χ3v) is 5.58. The van der Waals surface area contributed by atoms with Crippen LogP contribution in [0.3, 0.4) is 0 Å². The molecule has 2 rings (SSSR count). The van der Waals surface area contributed by atoms with Crippen molar-refractivity contribution in [3.05, 3.63) is 35.9 Å². The lowest BCUT2D eigenvalue weighted by atomic mass is 10.1. The molecule has 0 aliphatic carbocycles. The van der Waals surface area contributed by atoms with Crippen molar-refractivity contribution in [1.82, 2.24) is 10.6 Å². The molecular weight excluding hydrogens is 316 g/mol. The highest BCUT2D eigenvalue weighted by molar-refractivity contribution is 7.91. The van der Waals surface area contributed by atoms with Crippen molar-refractivity contribution in [3.8, 4) is 0 Å². The highest BCUT2D eigenvalue weighted by Crippen LogP contribution is 2.15. The van der Waals surface area contributed by atoms with E-state index in [1.54, 1.807) is 0 Å². The van der Waals surface area contributed by atoms with Crippen LogP contribution in [0, 0.1) is 0 Å². The monoisotopic (exact) mass is 340 g/mol. The molecule has 0 aromatic heterocycles. The van der Waals surface area contributed by atoms with E-state index in [-0.39, 0.29) is 29.7 Å². The third-order valence-electron chi connectivity index (χ3n) is 3.81. The highest BCUT2D eigenvalue weighted by atomic mass is 32.2. The minimum atomic E-state index is -2.97. The van der Waals surface area contributed by atoms with Crippen LogP contribution in [0.15, 0.2) is 30.3 Å². The lowest BCUT2D eigenvalue weighted by Gasteiger charge is -2.14. The average molecular weight is 340 g/mol. The number of rotatable bonds is 7. The standard InChI is InChI=1S/C16H24N2O4S/c1-13(14-6-3-2-4-7-14)22-10-5-9-17-16(19)18-15-8-11-23(20,21)12-15/h2-4,6-7,13,15H,5,8-12H2,1H3,(H2,17,18,19)/t13-,15-/m1/s1. The molecule has 0 radical (unpaired) electrons. The van der Waals surface area contributed by atoms with E-state index in [0.29, 0.717) is 26.0 Å². The van der Waals surface area contributed by atoms with Crippen LogP contribution in [0.1, 0.15) is 31.4 Å². The summed E-state index contributed by atoms with van der Waals surface area (Å²) >= 11 is 0. The molecular formula is C16H24N2O4S. The molecule has 1 aromatic carbocycles. The van der Waals surface area contributed by atoms with E-state index in [1.165, 1.54) is 0 Å². The third kappa shape index (κ3) is 6.19. The van der Waals surface area contributed by atoms with Gasteiger partial charge in [0, 0.05) is 19.2 Å². The summed E-state index contributed by atoms with van der Waals surface area (Å²) in [7, 11) is -2.97. The second-order valence-corrected chi connectivity index (χ2v) is 8.01.